The topological polar surface area (TPSA) is 67.5 Å². The molecule has 66 valence electrons. The summed E-state index contributed by atoms with van der Waals surface area (Å²) in [5.74, 6) is -0.342. The number of rotatable bonds is 1. The van der Waals surface area contributed by atoms with Gasteiger partial charge in [0.1, 0.15) is 0 Å². The standard InChI is InChI=1S/C8H7N3OS/c9-7(12)8-10-5-3-1-2-4-6(5)13-11-8/h1-4H,(H2,9,12)(H,10,11). The molecule has 1 aromatic carbocycles. The van der Waals surface area contributed by atoms with Gasteiger partial charge < -0.3 is 10.5 Å². The number of amides is 1. The summed E-state index contributed by atoms with van der Waals surface area (Å²) in [7, 11) is 0. The maximum absolute atomic E-state index is 10.8. The zero-order valence-corrected chi connectivity index (χ0v) is 7.47. The van der Waals surface area contributed by atoms with Gasteiger partial charge in [0, 0.05) is 0 Å². The van der Waals surface area contributed by atoms with Crippen molar-refractivity contribution < 1.29 is 4.79 Å². The van der Waals surface area contributed by atoms with Crippen molar-refractivity contribution in [1.29, 1.82) is 0 Å². The number of fused-ring (bicyclic) bond motifs is 1. The first-order chi connectivity index (χ1) is 6.27. The lowest BCUT2D eigenvalue weighted by Crippen LogP contribution is -2.33. The Morgan fingerprint density at radius 2 is 2.23 bits per heavy atom. The fourth-order valence-electron chi connectivity index (χ4n) is 0.988. The van der Waals surface area contributed by atoms with Gasteiger partial charge in [0.05, 0.1) is 10.6 Å². The molecule has 0 spiro atoms. The van der Waals surface area contributed by atoms with Crippen molar-refractivity contribution in [3.8, 4) is 0 Å². The van der Waals surface area contributed by atoms with E-state index in [0.29, 0.717) is 0 Å². The third-order valence-electron chi connectivity index (χ3n) is 1.59. The van der Waals surface area contributed by atoms with Crippen LogP contribution < -0.4 is 10.5 Å². The van der Waals surface area contributed by atoms with E-state index in [0.717, 1.165) is 10.6 Å². The van der Waals surface area contributed by atoms with Crippen LogP contribution >= 0.6 is 11.9 Å². The number of hydrogen-bond acceptors (Lipinski definition) is 4. The number of hydrogen-bond donors (Lipinski definition) is 2. The Morgan fingerprint density at radius 1 is 1.46 bits per heavy atom. The summed E-state index contributed by atoms with van der Waals surface area (Å²) in [5.41, 5.74) is 5.86. The molecule has 0 bridgehead atoms. The van der Waals surface area contributed by atoms with Crippen LogP contribution in [0, 0.1) is 0 Å². The molecule has 1 amide bonds. The first-order valence-corrected chi connectivity index (χ1v) is 4.49. The van der Waals surface area contributed by atoms with E-state index in [2.05, 4.69) is 9.71 Å². The Hall–Kier alpha value is -1.49. The molecule has 1 aromatic rings. The minimum Gasteiger partial charge on any atom is -0.363 e. The van der Waals surface area contributed by atoms with E-state index in [1.54, 1.807) is 0 Å². The van der Waals surface area contributed by atoms with E-state index in [-0.39, 0.29) is 5.84 Å². The summed E-state index contributed by atoms with van der Waals surface area (Å²) in [6.45, 7) is 0. The normalized spacial score (nSPS) is 14.0. The number of nitrogens with one attached hydrogen (secondary N) is 1. The molecule has 13 heavy (non-hydrogen) atoms. The highest BCUT2D eigenvalue weighted by molar-refractivity contribution is 7.98. The van der Waals surface area contributed by atoms with Crippen LogP contribution in [0.2, 0.25) is 0 Å². The Kier molecular flexibility index (Phi) is 1.94. The van der Waals surface area contributed by atoms with Gasteiger partial charge in [-0.25, -0.2) is 4.99 Å². The molecule has 0 saturated heterocycles. The molecule has 3 N–H and O–H groups in total. The van der Waals surface area contributed by atoms with Gasteiger partial charge in [0.25, 0.3) is 5.91 Å². The fourth-order valence-corrected chi connectivity index (χ4v) is 1.71. The molecule has 1 aliphatic heterocycles. The molecular formula is C8H7N3OS. The maximum atomic E-state index is 10.8. The van der Waals surface area contributed by atoms with Crippen molar-refractivity contribution in [2.24, 2.45) is 10.7 Å². The molecule has 0 radical (unpaired) electrons. The van der Waals surface area contributed by atoms with E-state index in [1.807, 2.05) is 24.3 Å². The largest absolute Gasteiger partial charge is 0.363 e. The number of carbonyl (C=O) groups is 1. The second-order valence-electron chi connectivity index (χ2n) is 2.50. The van der Waals surface area contributed by atoms with Crippen LogP contribution in [0.5, 0.6) is 0 Å². The van der Waals surface area contributed by atoms with Gasteiger partial charge in [0.15, 0.2) is 0 Å². The van der Waals surface area contributed by atoms with Crippen LogP contribution in [0.3, 0.4) is 0 Å². The molecule has 0 saturated carbocycles. The van der Waals surface area contributed by atoms with Crippen LogP contribution in [0.1, 0.15) is 0 Å². The van der Waals surface area contributed by atoms with Gasteiger partial charge in [-0.3, -0.25) is 4.79 Å². The molecule has 0 aliphatic carbocycles. The van der Waals surface area contributed by atoms with Crippen LogP contribution in [0.15, 0.2) is 34.2 Å². The highest BCUT2D eigenvalue weighted by atomic mass is 32.2. The van der Waals surface area contributed by atoms with Crippen molar-refractivity contribution in [1.82, 2.24) is 4.72 Å². The second kappa shape index (κ2) is 3.10. The molecule has 4 nitrogen and oxygen atoms in total. The smallest absolute Gasteiger partial charge is 0.285 e. The highest BCUT2D eigenvalue weighted by Crippen LogP contribution is 2.30. The van der Waals surface area contributed by atoms with Gasteiger partial charge in [-0.05, 0) is 24.1 Å². The summed E-state index contributed by atoms with van der Waals surface area (Å²) >= 11 is 1.34. The molecular weight excluding hydrogens is 186 g/mol. The van der Waals surface area contributed by atoms with Gasteiger partial charge >= 0.3 is 0 Å². The molecule has 1 heterocycles. The lowest BCUT2D eigenvalue weighted by atomic mass is 10.3. The molecule has 0 unspecified atom stereocenters. The van der Waals surface area contributed by atoms with E-state index >= 15 is 0 Å². The Bertz CT molecular complexity index is 389. The average Bonchev–Trinajstić information content (AvgIpc) is 2.17. The molecule has 0 fully saturated rings. The summed E-state index contributed by atoms with van der Waals surface area (Å²) in [6, 6.07) is 7.55. The Balaban J connectivity index is 2.44. The summed E-state index contributed by atoms with van der Waals surface area (Å²) < 4.78 is 2.77. The molecule has 0 atom stereocenters. The van der Waals surface area contributed by atoms with Crippen LogP contribution in [-0.4, -0.2) is 11.7 Å². The van der Waals surface area contributed by atoms with Crippen LogP contribution in [-0.2, 0) is 4.79 Å². The number of aliphatic imine (C=N–C) groups is 1. The number of primary amides is 1. The van der Waals surface area contributed by atoms with Crippen molar-refractivity contribution >= 4 is 29.4 Å². The zero-order chi connectivity index (χ0) is 9.26. The number of benzene rings is 1. The van der Waals surface area contributed by atoms with Gasteiger partial charge in [0.2, 0.25) is 5.84 Å². The number of nitrogens with two attached hydrogens (primary N) is 1. The molecule has 2 rings (SSSR count). The SMILES string of the molecule is NC(=O)C1=Nc2ccccc2SN1. The predicted molar refractivity (Wildman–Crippen MR) is 51.7 cm³/mol. The average molecular weight is 193 g/mol. The monoisotopic (exact) mass is 193 g/mol. The maximum Gasteiger partial charge on any atom is 0.285 e. The highest BCUT2D eigenvalue weighted by Gasteiger charge is 2.14. The molecule has 5 heteroatoms. The number of carbonyl (C=O) groups excluding carboxylic acids is 1. The summed E-state index contributed by atoms with van der Waals surface area (Å²) in [5, 5.41) is 0. The van der Waals surface area contributed by atoms with Gasteiger partial charge in [-0.15, -0.1) is 0 Å². The Labute approximate surface area is 79.4 Å². The predicted octanol–water partition coefficient (Wildman–Crippen LogP) is 0.812. The van der Waals surface area contributed by atoms with E-state index in [4.69, 9.17) is 5.73 Å². The van der Waals surface area contributed by atoms with Gasteiger partial charge in [-0.2, -0.15) is 0 Å². The number of nitrogens with zero attached hydrogens (tertiary/aromatic N) is 1. The minimum absolute atomic E-state index is 0.198. The number of amidine groups is 1. The third kappa shape index (κ3) is 1.50. The zero-order valence-electron chi connectivity index (χ0n) is 6.65. The Morgan fingerprint density at radius 3 is 3.00 bits per heavy atom. The van der Waals surface area contributed by atoms with Crippen molar-refractivity contribution in [3.05, 3.63) is 24.3 Å². The van der Waals surface area contributed by atoms with Crippen molar-refractivity contribution in [2.75, 3.05) is 0 Å². The van der Waals surface area contributed by atoms with Gasteiger partial charge in [-0.1, -0.05) is 12.1 Å². The first-order valence-electron chi connectivity index (χ1n) is 3.68. The van der Waals surface area contributed by atoms with Crippen molar-refractivity contribution in [2.45, 2.75) is 4.90 Å². The first kappa shape index (κ1) is 8.12. The van der Waals surface area contributed by atoms with E-state index < -0.39 is 5.91 Å². The summed E-state index contributed by atoms with van der Waals surface area (Å²) in [4.78, 5) is 15.8. The van der Waals surface area contributed by atoms with E-state index in [1.165, 1.54) is 11.9 Å². The van der Waals surface area contributed by atoms with Crippen LogP contribution in [0.4, 0.5) is 5.69 Å². The molecule has 0 aromatic heterocycles. The lowest BCUT2D eigenvalue weighted by molar-refractivity contribution is -0.112. The molecule has 1 aliphatic rings. The second-order valence-corrected chi connectivity index (χ2v) is 3.34. The van der Waals surface area contributed by atoms with Crippen molar-refractivity contribution in [3.63, 3.8) is 0 Å². The van der Waals surface area contributed by atoms with Crippen LogP contribution in [0.25, 0.3) is 0 Å². The minimum atomic E-state index is -0.540. The quantitative estimate of drug-likeness (QED) is 0.648. The van der Waals surface area contributed by atoms with E-state index in [9.17, 15) is 4.79 Å². The lowest BCUT2D eigenvalue weighted by Gasteiger charge is -2.13. The summed E-state index contributed by atoms with van der Waals surface area (Å²) in [6.07, 6.45) is 0. The fraction of sp³-hybridized carbons (Fsp3) is 0. The number of para-hydroxylation sites is 1. The third-order valence-corrected chi connectivity index (χ3v) is 2.45.